The van der Waals surface area contributed by atoms with Crippen molar-refractivity contribution in [1.29, 1.82) is 0 Å². The van der Waals surface area contributed by atoms with Gasteiger partial charge in [0.05, 0.1) is 0 Å². The Kier molecular flexibility index (Phi) is 8.82. The average molecular weight is 505 g/mol. The molecule has 3 heteroatoms. The molecule has 0 aliphatic heterocycles. The first-order valence-corrected chi connectivity index (χ1v) is 12.9. The zero-order valence-corrected chi connectivity index (χ0v) is 20.9. The van der Waals surface area contributed by atoms with Crippen LogP contribution in [0.1, 0.15) is 31.4 Å². The van der Waals surface area contributed by atoms with E-state index in [0.717, 1.165) is 18.4 Å². The number of halogens is 1. The van der Waals surface area contributed by atoms with Gasteiger partial charge >= 0.3 is 0 Å². The van der Waals surface area contributed by atoms with Gasteiger partial charge in [0.15, 0.2) is 0 Å². The summed E-state index contributed by atoms with van der Waals surface area (Å²) in [6.45, 7) is 2.22. The van der Waals surface area contributed by atoms with Crippen LogP contribution in [0.25, 0.3) is 0 Å². The molecule has 164 valence electrons. The molecule has 4 aromatic rings. The third-order valence-electron chi connectivity index (χ3n) is 6.08. The van der Waals surface area contributed by atoms with E-state index in [0.29, 0.717) is 0 Å². The molecule has 1 N–H and O–H groups in total. The highest BCUT2D eigenvalue weighted by molar-refractivity contribution is 7.96. The van der Waals surface area contributed by atoms with E-state index in [1.807, 2.05) is 18.2 Å². The third-order valence-corrected chi connectivity index (χ3v) is 11.0. The van der Waals surface area contributed by atoms with Gasteiger partial charge < -0.3 is 22.1 Å². The Hall–Kier alpha value is -2.25. The first-order chi connectivity index (χ1) is 15.3. The molecule has 0 aliphatic rings. The van der Waals surface area contributed by atoms with E-state index in [1.165, 1.54) is 15.9 Å². The highest BCUT2D eigenvalue weighted by Gasteiger charge is 2.54. The Morgan fingerprint density at radius 3 is 1.28 bits per heavy atom. The third kappa shape index (κ3) is 4.74. The SMILES string of the molecule is CCC[C@H]([C@H](O)c1ccccc1)[P+](c1ccccc1)(c1ccccc1)c1ccccc1.[Br-]. The highest BCUT2D eigenvalue weighted by Crippen LogP contribution is 2.64. The number of hydrogen-bond acceptors (Lipinski definition) is 1. The molecule has 0 fully saturated rings. The largest absolute Gasteiger partial charge is 1.00 e. The molecule has 1 nitrogen and oxygen atoms in total. The van der Waals surface area contributed by atoms with Crippen molar-refractivity contribution in [2.24, 2.45) is 0 Å². The lowest BCUT2D eigenvalue weighted by atomic mass is 10.0. The summed E-state index contributed by atoms with van der Waals surface area (Å²) >= 11 is 0. The first kappa shape index (κ1) is 24.4. The van der Waals surface area contributed by atoms with E-state index in [1.54, 1.807) is 0 Å². The lowest BCUT2D eigenvalue weighted by Gasteiger charge is -2.37. The van der Waals surface area contributed by atoms with Crippen molar-refractivity contribution >= 4 is 23.2 Å². The number of benzene rings is 4. The van der Waals surface area contributed by atoms with E-state index >= 15 is 0 Å². The van der Waals surface area contributed by atoms with E-state index in [9.17, 15) is 5.11 Å². The molecule has 32 heavy (non-hydrogen) atoms. The molecule has 0 saturated carbocycles. The molecule has 2 atom stereocenters. The standard InChI is InChI=1S/C29H30OP.BrH/c1-2-15-28(29(30)24-16-7-3-8-17-24)31(25-18-9-4-10-19-25,26-20-11-5-12-21-26)27-22-13-6-14-23-27;/h3-14,16-23,28-30H,2,15H2,1H3;1H/q+1;/p-1/t28-,29-;/m1./s1. The molecule has 0 radical (unpaired) electrons. The van der Waals surface area contributed by atoms with Crippen LogP contribution in [0, 0.1) is 0 Å². The van der Waals surface area contributed by atoms with Crippen LogP contribution in [0.3, 0.4) is 0 Å². The van der Waals surface area contributed by atoms with E-state index < -0.39 is 13.4 Å². The Balaban J connectivity index is 0.00000289. The maximum Gasteiger partial charge on any atom is 0.118 e. The summed E-state index contributed by atoms with van der Waals surface area (Å²) in [4.78, 5) is 0. The lowest BCUT2D eigenvalue weighted by molar-refractivity contribution is -0.00000773. The van der Waals surface area contributed by atoms with Crippen molar-refractivity contribution in [3.05, 3.63) is 127 Å². The molecule has 0 spiro atoms. The fourth-order valence-electron chi connectivity index (χ4n) is 4.74. The second-order valence-corrected chi connectivity index (χ2v) is 11.6. The topological polar surface area (TPSA) is 20.2 Å². The molecule has 4 aromatic carbocycles. The molecule has 0 saturated heterocycles. The van der Waals surface area contributed by atoms with Gasteiger partial charge in [-0.3, -0.25) is 0 Å². The minimum absolute atomic E-state index is 0. The number of aliphatic hydroxyl groups excluding tert-OH is 1. The zero-order valence-electron chi connectivity index (χ0n) is 18.4. The fourth-order valence-corrected chi connectivity index (χ4v) is 9.95. The van der Waals surface area contributed by atoms with Crippen molar-refractivity contribution in [1.82, 2.24) is 0 Å². The highest BCUT2D eigenvalue weighted by atomic mass is 79.9. The minimum Gasteiger partial charge on any atom is -1.00 e. The van der Waals surface area contributed by atoms with Gasteiger partial charge in [-0.1, -0.05) is 98.3 Å². The van der Waals surface area contributed by atoms with Crippen LogP contribution in [0.2, 0.25) is 0 Å². The van der Waals surface area contributed by atoms with Crippen molar-refractivity contribution < 1.29 is 22.1 Å². The van der Waals surface area contributed by atoms with Crippen molar-refractivity contribution in [2.75, 3.05) is 0 Å². The predicted molar refractivity (Wildman–Crippen MR) is 135 cm³/mol. The number of hydrogen-bond donors (Lipinski definition) is 1. The van der Waals surface area contributed by atoms with E-state index in [2.05, 4.69) is 110 Å². The summed E-state index contributed by atoms with van der Waals surface area (Å²) in [6.07, 6.45) is 1.42. The van der Waals surface area contributed by atoms with Gasteiger partial charge in [0.25, 0.3) is 0 Å². The molecule has 0 heterocycles. The summed E-state index contributed by atoms with van der Waals surface area (Å²) in [5.74, 6) is 0. The normalized spacial score (nSPS) is 13.1. The van der Waals surface area contributed by atoms with Crippen LogP contribution in [0.15, 0.2) is 121 Å². The second-order valence-electron chi connectivity index (χ2n) is 7.94. The van der Waals surface area contributed by atoms with Gasteiger partial charge in [-0.05, 0) is 48.4 Å². The van der Waals surface area contributed by atoms with Crippen LogP contribution in [-0.4, -0.2) is 10.8 Å². The molecule has 0 unspecified atom stereocenters. The van der Waals surface area contributed by atoms with Crippen LogP contribution < -0.4 is 32.9 Å². The Morgan fingerprint density at radius 1 is 0.594 bits per heavy atom. The summed E-state index contributed by atoms with van der Waals surface area (Å²) < 4.78 is 0. The molecular formula is C29H30BrOP. The Bertz CT molecular complexity index is 959. The maximum atomic E-state index is 11.9. The van der Waals surface area contributed by atoms with Gasteiger partial charge in [-0.15, -0.1) is 0 Å². The van der Waals surface area contributed by atoms with Crippen LogP contribution in [0.4, 0.5) is 0 Å². The monoisotopic (exact) mass is 504 g/mol. The minimum atomic E-state index is -2.15. The molecular weight excluding hydrogens is 475 g/mol. The van der Waals surface area contributed by atoms with Crippen molar-refractivity contribution in [2.45, 2.75) is 31.5 Å². The number of aliphatic hydroxyl groups is 1. The van der Waals surface area contributed by atoms with Gasteiger partial charge in [0.2, 0.25) is 0 Å². The maximum absolute atomic E-state index is 11.9. The van der Waals surface area contributed by atoms with Gasteiger partial charge in [0, 0.05) is 0 Å². The molecule has 0 aromatic heterocycles. The van der Waals surface area contributed by atoms with Crippen LogP contribution >= 0.6 is 7.26 Å². The zero-order chi connectivity index (χ0) is 21.5. The average Bonchev–Trinajstić information content (AvgIpc) is 2.86. The molecule has 0 bridgehead atoms. The second kappa shape index (κ2) is 11.6. The summed E-state index contributed by atoms with van der Waals surface area (Å²) in [5.41, 5.74) is 1.07. The quantitative estimate of drug-likeness (QED) is 0.366. The molecule has 0 amide bonds. The Morgan fingerprint density at radius 2 is 0.938 bits per heavy atom. The fraction of sp³-hybridized carbons (Fsp3) is 0.172. The van der Waals surface area contributed by atoms with Gasteiger partial charge in [-0.25, -0.2) is 0 Å². The summed E-state index contributed by atoms with van der Waals surface area (Å²) in [7, 11) is -2.15. The Labute approximate surface area is 203 Å². The predicted octanol–water partition coefficient (Wildman–Crippen LogP) is 2.89. The smallest absolute Gasteiger partial charge is 0.118 e. The molecule has 0 aliphatic carbocycles. The summed E-state index contributed by atoms with van der Waals surface area (Å²) in [5, 5.41) is 15.8. The van der Waals surface area contributed by atoms with Crippen molar-refractivity contribution in [3.8, 4) is 0 Å². The van der Waals surface area contributed by atoms with E-state index in [-0.39, 0.29) is 22.6 Å². The van der Waals surface area contributed by atoms with E-state index in [4.69, 9.17) is 0 Å². The lowest BCUT2D eigenvalue weighted by Crippen LogP contribution is -3.00. The summed E-state index contributed by atoms with van der Waals surface area (Å²) in [6, 6.07) is 42.8. The van der Waals surface area contributed by atoms with Gasteiger partial charge in [0.1, 0.15) is 34.9 Å². The first-order valence-electron chi connectivity index (χ1n) is 11.1. The van der Waals surface area contributed by atoms with Crippen LogP contribution in [0.5, 0.6) is 0 Å². The number of rotatable bonds is 8. The van der Waals surface area contributed by atoms with Gasteiger partial charge in [-0.2, -0.15) is 0 Å². The van der Waals surface area contributed by atoms with Crippen LogP contribution in [-0.2, 0) is 0 Å². The molecule has 4 rings (SSSR count). The van der Waals surface area contributed by atoms with Crippen molar-refractivity contribution in [3.63, 3.8) is 0 Å².